The zero-order valence-corrected chi connectivity index (χ0v) is 17.4. The third-order valence-electron chi connectivity index (χ3n) is 5.73. The number of nitrogens with zero attached hydrogens (tertiary/aromatic N) is 6. The summed E-state index contributed by atoms with van der Waals surface area (Å²) in [5.74, 6) is 0.177. The summed E-state index contributed by atoms with van der Waals surface area (Å²) in [6.07, 6.45) is 13.1. The number of hydrogen-bond acceptors (Lipinski definition) is 6. The molecule has 0 spiro atoms. The Morgan fingerprint density at radius 1 is 1.00 bits per heavy atom. The van der Waals surface area contributed by atoms with Gasteiger partial charge in [0.25, 0.3) is 0 Å². The molecular weight excluding hydrogens is 396 g/mol. The van der Waals surface area contributed by atoms with Crippen LogP contribution in [0.15, 0.2) is 47.8 Å². The number of rotatable bonds is 7. The molecule has 162 valence electrons. The van der Waals surface area contributed by atoms with Crippen LogP contribution in [-0.4, -0.2) is 76.0 Å². The Kier molecular flexibility index (Phi) is 6.49. The van der Waals surface area contributed by atoms with Gasteiger partial charge in [-0.15, -0.1) is 0 Å². The second-order valence-corrected chi connectivity index (χ2v) is 7.76. The quantitative estimate of drug-likeness (QED) is 0.622. The van der Waals surface area contributed by atoms with Gasteiger partial charge >= 0.3 is 6.03 Å². The second kappa shape index (κ2) is 9.63. The van der Waals surface area contributed by atoms with Gasteiger partial charge in [-0.05, 0) is 25.0 Å². The number of piperazine rings is 1. The largest absolute Gasteiger partial charge is 0.350 e. The molecule has 1 atom stereocenters. The van der Waals surface area contributed by atoms with E-state index in [0.29, 0.717) is 44.1 Å². The number of aromatic nitrogens is 2. The molecule has 0 radical (unpaired) electrons. The van der Waals surface area contributed by atoms with Crippen LogP contribution >= 0.6 is 0 Å². The number of allylic oxidation sites excluding steroid dienone is 3. The molecule has 31 heavy (non-hydrogen) atoms. The van der Waals surface area contributed by atoms with Gasteiger partial charge in [-0.25, -0.2) is 14.8 Å². The number of hydrogen-bond donors (Lipinski definition) is 0. The first-order valence-electron chi connectivity index (χ1n) is 10.7. The molecule has 0 bridgehead atoms. The number of fused-ring (bicyclic) bond motifs is 1. The molecule has 1 saturated heterocycles. The Labute approximate surface area is 181 Å². The molecule has 9 heteroatoms. The van der Waals surface area contributed by atoms with Crippen LogP contribution in [0.4, 0.5) is 10.7 Å². The van der Waals surface area contributed by atoms with Crippen molar-refractivity contribution in [3.63, 3.8) is 0 Å². The Balaban J connectivity index is 1.15. The van der Waals surface area contributed by atoms with Gasteiger partial charge in [0.2, 0.25) is 17.8 Å². The van der Waals surface area contributed by atoms with Crippen LogP contribution in [-0.2, 0) is 9.59 Å². The second-order valence-electron chi connectivity index (χ2n) is 7.76. The topological polar surface area (TPSA) is 99.1 Å². The van der Waals surface area contributed by atoms with Gasteiger partial charge in [-0.1, -0.05) is 24.6 Å². The lowest BCUT2D eigenvalue weighted by Crippen LogP contribution is -2.49. The van der Waals surface area contributed by atoms with Crippen LogP contribution in [0.2, 0.25) is 0 Å². The minimum Gasteiger partial charge on any atom is -0.339 e. The first-order chi connectivity index (χ1) is 15.1. The number of carbonyl (C=O) groups excluding carboxylic acids is 3. The summed E-state index contributed by atoms with van der Waals surface area (Å²) < 4.78 is 0. The lowest BCUT2D eigenvalue weighted by molar-refractivity contribution is -0.132. The Morgan fingerprint density at radius 3 is 2.55 bits per heavy atom. The van der Waals surface area contributed by atoms with Crippen LogP contribution in [0, 0.1) is 5.92 Å². The van der Waals surface area contributed by atoms with Crippen molar-refractivity contribution in [1.82, 2.24) is 19.8 Å². The van der Waals surface area contributed by atoms with Gasteiger partial charge in [-0.3, -0.25) is 14.5 Å². The van der Waals surface area contributed by atoms with Crippen molar-refractivity contribution in [1.29, 1.82) is 0 Å². The van der Waals surface area contributed by atoms with Crippen molar-refractivity contribution in [3.8, 4) is 0 Å². The lowest BCUT2D eigenvalue weighted by Gasteiger charge is -2.34. The number of unbranched alkanes of at least 4 members (excludes halogenated alkanes) is 2. The summed E-state index contributed by atoms with van der Waals surface area (Å²) in [5.41, 5.74) is 0.512. The maximum absolute atomic E-state index is 12.5. The highest BCUT2D eigenvalue weighted by Gasteiger charge is 2.35. The maximum atomic E-state index is 12.5. The molecule has 0 N–H and O–H groups in total. The molecule has 1 fully saturated rings. The van der Waals surface area contributed by atoms with Crippen molar-refractivity contribution >= 4 is 29.5 Å². The summed E-state index contributed by atoms with van der Waals surface area (Å²) in [6.45, 7) is 3.12. The fourth-order valence-electron chi connectivity index (χ4n) is 3.98. The van der Waals surface area contributed by atoms with E-state index in [1.54, 1.807) is 42.8 Å². The van der Waals surface area contributed by atoms with Gasteiger partial charge in [0.05, 0.1) is 11.6 Å². The van der Waals surface area contributed by atoms with Crippen molar-refractivity contribution in [2.24, 2.45) is 10.9 Å². The molecule has 3 aliphatic rings. The summed E-state index contributed by atoms with van der Waals surface area (Å²) in [7, 11) is 0. The van der Waals surface area contributed by atoms with E-state index in [2.05, 4.69) is 19.9 Å². The third-order valence-corrected chi connectivity index (χ3v) is 5.73. The predicted molar refractivity (Wildman–Crippen MR) is 116 cm³/mol. The normalized spacial score (nSPS) is 20.7. The zero-order valence-electron chi connectivity index (χ0n) is 17.4. The minimum atomic E-state index is -0.493. The van der Waals surface area contributed by atoms with Gasteiger partial charge in [0.15, 0.2) is 0 Å². The minimum absolute atomic E-state index is 0.145. The zero-order chi connectivity index (χ0) is 21.6. The molecule has 3 heterocycles. The molecule has 4 amide bonds. The Bertz CT molecular complexity index is 918. The van der Waals surface area contributed by atoms with E-state index in [4.69, 9.17) is 0 Å². The van der Waals surface area contributed by atoms with Crippen LogP contribution < -0.4 is 4.90 Å². The molecule has 0 saturated carbocycles. The maximum Gasteiger partial charge on any atom is 0.350 e. The van der Waals surface area contributed by atoms with Crippen molar-refractivity contribution in [3.05, 3.63) is 42.8 Å². The number of imide groups is 1. The number of carbonyl (C=O) groups is 3. The van der Waals surface area contributed by atoms with Crippen LogP contribution in [0.5, 0.6) is 0 Å². The average Bonchev–Trinajstić information content (AvgIpc) is 2.81. The fourth-order valence-corrected chi connectivity index (χ4v) is 3.98. The number of urea groups is 1. The molecule has 9 nitrogen and oxygen atoms in total. The molecular formula is C22H26N6O3. The number of anilines is 1. The highest BCUT2D eigenvalue weighted by molar-refractivity contribution is 6.21. The summed E-state index contributed by atoms with van der Waals surface area (Å²) >= 11 is 0. The van der Waals surface area contributed by atoms with E-state index in [1.165, 1.54) is 4.90 Å². The monoisotopic (exact) mass is 422 g/mol. The molecule has 1 aromatic rings. The summed E-state index contributed by atoms with van der Waals surface area (Å²) in [6, 6.07) is 1.29. The Hall–Kier alpha value is -3.36. The molecule has 0 aromatic carbocycles. The molecule has 1 unspecified atom stereocenters. The van der Waals surface area contributed by atoms with Crippen LogP contribution in [0.1, 0.15) is 25.7 Å². The summed E-state index contributed by atoms with van der Waals surface area (Å²) in [4.78, 5) is 54.9. The highest BCUT2D eigenvalue weighted by atomic mass is 16.2. The third kappa shape index (κ3) is 4.87. The molecule has 2 aliphatic heterocycles. The van der Waals surface area contributed by atoms with Gasteiger partial charge in [0, 0.05) is 51.5 Å². The smallest absolute Gasteiger partial charge is 0.339 e. The van der Waals surface area contributed by atoms with Gasteiger partial charge in [0.1, 0.15) is 0 Å². The number of amides is 4. The van der Waals surface area contributed by atoms with E-state index in [1.807, 2.05) is 4.90 Å². The van der Waals surface area contributed by atoms with E-state index in [-0.39, 0.29) is 11.8 Å². The fraction of sp³-hybridized carbons (Fsp3) is 0.455. The Morgan fingerprint density at radius 2 is 1.77 bits per heavy atom. The molecule has 1 aliphatic carbocycles. The van der Waals surface area contributed by atoms with E-state index >= 15 is 0 Å². The van der Waals surface area contributed by atoms with Gasteiger partial charge in [-0.2, -0.15) is 4.99 Å². The lowest BCUT2D eigenvalue weighted by atomic mass is 9.95. The van der Waals surface area contributed by atoms with Crippen molar-refractivity contribution in [2.75, 3.05) is 37.6 Å². The summed E-state index contributed by atoms with van der Waals surface area (Å²) in [5, 5.41) is 0. The van der Waals surface area contributed by atoms with Gasteiger partial charge < -0.3 is 9.80 Å². The molecule has 1 aromatic heterocycles. The SMILES string of the molecule is O=C(CCCCCN1C(=O)N=C2C=CC=CC2C1=O)N1CCN(c2ncccn2)CC1. The van der Waals surface area contributed by atoms with E-state index in [9.17, 15) is 14.4 Å². The van der Waals surface area contributed by atoms with Crippen molar-refractivity contribution in [2.45, 2.75) is 25.7 Å². The highest BCUT2D eigenvalue weighted by Crippen LogP contribution is 2.20. The average molecular weight is 422 g/mol. The first kappa shape index (κ1) is 20.9. The standard InChI is InChI=1S/C22H26N6O3/c29-19(26-13-15-27(16-14-26)21-23-10-6-11-24-21)9-2-1-5-12-28-20(30)17-7-3-4-8-18(17)25-22(28)31/h3-4,6-8,10-11,17H,1-2,5,9,12-16H2. The number of aliphatic imine (C=N–C) groups is 1. The van der Waals surface area contributed by atoms with Crippen LogP contribution in [0.3, 0.4) is 0 Å². The first-order valence-corrected chi connectivity index (χ1v) is 10.7. The molecule has 4 rings (SSSR count). The van der Waals surface area contributed by atoms with Crippen molar-refractivity contribution < 1.29 is 14.4 Å². The van der Waals surface area contributed by atoms with Crippen LogP contribution in [0.25, 0.3) is 0 Å². The predicted octanol–water partition coefficient (Wildman–Crippen LogP) is 1.83. The van der Waals surface area contributed by atoms with E-state index in [0.717, 1.165) is 25.9 Å². The van der Waals surface area contributed by atoms with E-state index < -0.39 is 11.9 Å².